The van der Waals surface area contributed by atoms with Gasteiger partial charge >= 0.3 is 12.4 Å². The monoisotopic (exact) mass is 506 g/mol. The van der Waals surface area contributed by atoms with Crippen LogP contribution in [0.1, 0.15) is 11.6 Å². The van der Waals surface area contributed by atoms with E-state index in [0.717, 1.165) is 18.1 Å². The third kappa shape index (κ3) is 13.6. The summed E-state index contributed by atoms with van der Waals surface area (Å²) < 4.78 is 68.1. The molecule has 1 unspecified atom stereocenters. The first-order valence-corrected chi connectivity index (χ1v) is 9.53. The molecule has 33 heavy (non-hydrogen) atoms. The Labute approximate surface area is 190 Å². The van der Waals surface area contributed by atoms with E-state index in [1.165, 1.54) is 23.6 Å². The molecule has 1 atom stereocenters. The maximum Gasteiger partial charge on any atom is 0.430 e. The highest BCUT2D eigenvalue weighted by molar-refractivity contribution is 6.30. The standard InChI is InChI=1S/C15H19ClN2O.2C2HF3O2/c1-19-11-3-6-15(18-9-7-17-8-10-18)13-4-2-5-14(16)12-13;2*3-2(4,5)1(6)7/h2,4-5,12,15,17H,7-11H2,1H3;2*(H,6,7). The Morgan fingerprint density at radius 2 is 1.61 bits per heavy atom. The lowest BCUT2D eigenvalue weighted by Gasteiger charge is -2.27. The number of benzene rings is 1. The first-order valence-electron chi connectivity index (χ1n) is 9.15. The average molecular weight is 507 g/mol. The second-order valence-electron chi connectivity index (χ2n) is 6.34. The third-order valence-electron chi connectivity index (χ3n) is 3.86. The van der Waals surface area contributed by atoms with Crippen LogP contribution in [0, 0.1) is 11.8 Å². The Morgan fingerprint density at radius 1 is 1.12 bits per heavy atom. The molecular weight excluding hydrogens is 486 g/mol. The van der Waals surface area contributed by atoms with Gasteiger partial charge in [0.15, 0.2) is 6.04 Å². The Balaban J connectivity index is 0.000000605. The molecule has 0 amide bonds. The molecule has 1 aliphatic rings. The van der Waals surface area contributed by atoms with Gasteiger partial charge in [-0.3, -0.25) is 0 Å². The number of quaternary nitrogens is 2. The minimum absolute atomic E-state index is 0.197. The minimum atomic E-state index is -5.19. The number of halogens is 7. The lowest BCUT2D eigenvalue weighted by atomic mass is 10.0. The van der Waals surface area contributed by atoms with Gasteiger partial charge in [0, 0.05) is 17.7 Å². The van der Waals surface area contributed by atoms with Crippen LogP contribution in [-0.2, 0) is 14.3 Å². The smallest absolute Gasteiger partial charge is 0.430 e. The average Bonchev–Trinajstić information content (AvgIpc) is 2.71. The zero-order valence-corrected chi connectivity index (χ0v) is 17.9. The molecule has 1 aromatic carbocycles. The number of hydrogen-bond acceptors (Lipinski definition) is 5. The van der Waals surface area contributed by atoms with E-state index in [1.54, 1.807) is 7.11 Å². The highest BCUT2D eigenvalue weighted by Gasteiger charge is 2.29. The summed E-state index contributed by atoms with van der Waals surface area (Å²) in [7, 11) is 1.67. The number of methoxy groups -OCH3 is 1. The van der Waals surface area contributed by atoms with Crippen LogP contribution in [0.15, 0.2) is 24.3 Å². The molecule has 14 heteroatoms. The number of hydrogen-bond donors (Lipinski definition) is 2. The van der Waals surface area contributed by atoms with Gasteiger partial charge in [-0.15, -0.1) is 0 Å². The molecule has 186 valence electrons. The predicted molar refractivity (Wildman–Crippen MR) is 98.3 cm³/mol. The molecule has 1 heterocycles. The van der Waals surface area contributed by atoms with E-state index in [0.29, 0.717) is 6.61 Å². The molecule has 0 radical (unpaired) electrons. The van der Waals surface area contributed by atoms with Crippen LogP contribution in [0.5, 0.6) is 0 Å². The Kier molecular flexibility index (Phi) is 13.5. The van der Waals surface area contributed by atoms with Crippen molar-refractivity contribution in [3.63, 3.8) is 0 Å². The van der Waals surface area contributed by atoms with Crippen molar-refractivity contribution in [1.29, 1.82) is 0 Å². The van der Waals surface area contributed by atoms with E-state index in [1.807, 2.05) is 18.2 Å². The topological polar surface area (TPSA) is 111 Å². The van der Waals surface area contributed by atoms with Crippen molar-refractivity contribution < 1.29 is 61.1 Å². The summed E-state index contributed by atoms with van der Waals surface area (Å²) in [5.74, 6) is 0.439. The van der Waals surface area contributed by atoms with E-state index in [4.69, 9.17) is 36.1 Å². The molecule has 1 fully saturated rings. The second-order valence-corrected chi connectivity index (χ2v) is 6.77. The molecule has 1 aromatic rings. The first-order chi connectivity index (χ1) is 15.2. The molecule has 0 aromatic heterocycles. The highest BCUT2D eigenvalue weighted by atomic mass is 35.5. The number of carbonyl (C=O) groups excluding carboxylic acids is 2. The number of nitrogens with two attached hydrogens (primary N) is 1. The van der Waals surface area contributed by atoms with Gasteiger partial charge in [0.1, 0.15) is 44.7 Å². The summed E-state index contributed by atoms with van der Waals surface area (Å²) in [6.07, 6.45) is -10.4. The fourth-order valence-electron chi connectivity index (χ4n) is 2.46. The van der Waals surface area contributed by atoms with Gasteiger partial charge in [0.25, 0.3) is 0 Å². The Bertz CT molecular complexity index is 793. The van der Waals surface area contributed by atoms with E-state index in [-0.39, 0.29) is 6.04 Å². The molecule has 0 saturated carbocycles. The largest absolute Gasteiger partial charge is 0.542 e. The zero-order chi connectivity index (χ0) is 25.7. The number of alkyl halides is 6. The van der Waals surface area contributed by atoms with Gasteiger partial charge in [0.2, 0.25) is 0 Å². The Hall–Kier alpha value is -2.53. The predicted octanol–water partition coefficient (Wildman–Crippen LogP) is -1.91. The van der Waals surface area contributed by atoms with E-state index in [9.17, 15) is 26.3 Å². The number of carboxylic acid groups (broad SMARTS) is 2. The fraction of sp³-hybridized carbons (Fsp3) is 0.474. The van der Waals surface area contributed by atoms with Crippen molar-refractivity contribution in [3.05, 3.63) is 34.9 Å². The number of rotatable bonds is 3. The van der Waals surface area contributed by atoms with Gasteiger partial charge in [-0.1, -0.05) is 29.7 Å². The van der Waals surface area contributed by atoms with Gasteiger partial charge < -0.3 is 34.8 Å². The van der Waals surface area contributed by atoms with Gasteiger partial charge in [-0.05, 0) is 18.1 Å². The molecule has 2 rings (SSSR count). The summed E-state index contributed by atoms with van der Waals surface area (Å²) in [5, 5.41) is 20.7. The molecule has 0 bridgehead atoms. The van der Waals surface area contributed by atoms with E-state index < -0.39 is 24.3 Å². The second kappa shape index (κ2) is 14.6. The van der Waals surface area contributed by atoms with Crippen LogP contribution >= 0.6 is 11.6 Å². The molecule has 1 aliphatic heterocycles. The molecular formula is C19H21ClF6N2O5. The van der Waals surface area contributed by atoms with Crippen LogP contribution in [0.3, 0.4) is 0 Å². The fourth-order valence-corrected chi connectivity index (χ4v) is 2.65. The summed E-state index contributed by atoms with van der Waals surface area (Å²) in [6, 6.07) is 8.24. The van der Waals surface area contributed by atoms with Crippen molar-refractivity contribution in [1.82, 2.24) is 0 Å². The first kappa shape index (κ1) is 30.5. The summed E-state index contributed by atoms with van der Waals surface area (Å²) >= 11 is 6.10. The molecule has 3 N–H and O–H groups in total. The van der Waals surface area contributed by atoms with Gasteiger partial charge in [-0.25, -0.2) is 0 Å². The number of piperazine rings is 1. The van der Waals surface area contributed by atoms with Crippen LogP contribution < -0.4 is 20.4 Å². The normalized spacial score (nSPS) is 14.9. The third-order valence-corrected chi connectivity index (χ3v) is 4.09. The Morgan fingerprint density at radius 3 is 2.00 bits per heavy atom. The molecule has 0 aliphatic carbocycles. The molecule has 1 saturated heterocycles. The van der Waals surface area contributed by atoms with Crippen molar-refractivity contribution >= 4 is 23.5 Å². The van der Waals surface area contributed by atoms with Crippen LogP contribution in [-0.4, -0.2) is 64.2 Å². The summed E-state index contributed by atoms with van der Waals surface area (Å²) in [4.78, 5) is 19.1. The lowest BCUT2D eigenvalue weighted by molar-refractivity contribution is -0.965. The van der Waals surface area contributed by atoms with Crippen LogP contribution in [0.2, 0.25) is 5.02 Å². The number of carbonyl (C=O) groups is 2. The summed E-state index contributed by atoms with van der Waals surface area (Å²) in [6.45, 7) is 5.09. The minimum Gasteiger partial charge on any atom is -0.542 e. The van der Waals surface area contributed by atoms with Gasteiger partial charge in [-0.2, -0.15) is 26.3 Å². The van der Waals surface area contributed by atoms with Gasteiger partial charge in [0.05, 0.1) is 0 Å². The van der Waals surface area contributed by atoms with Crippen molar-refractivity contribution in [2.75, 3.05) is 39.9 Å². The zero-order valence-electron chi connectivity index (χ0n) is 17.2. The van der Waals surface area contributed by atoms with Crippen LogP contribution in [0.4, 0.5) is 26.3 Å². The quantitative estimate of drug-likeness (QED) is 0.367. The maximum atomic E-state index is 10.5. The maximum absolute atomic E-state index is 10.5. The lowest BCUT2D eigenvalue weighted by Crippen LogP contribution is -3.20. The van der Waals surface area contributed by atoms with E-state index in [2.05, 4.69) is 23.2 Å². The number of aliphatic carboxylic acids is 2. The number of nitrogens with one attached hydrogen (secondary N) is 1. The van der Waals surface area contributed by atoms with Crippen molar-refractivity contribution in [2.24, 2.45) is 0 Å². The summed E-state index contributed by atoms with van der Waals surface area (Å²) in [5.41, 5.74) is 1.20. The number of ether oxygens (including phenoxy) is 1. The van der Waals surface area contributed by atoms with Crippen LogP contribution in [0.25, 0.3) is 0 Å². The van der Waals surface area contributed by atoms with Crippen molar-refractivity contribution in [3.8, 4) is 11.8 Å². The van der Waals surface area contributed by atoms with Crippen molar-refractivity contribution in [2.45, 2.75) is 18.4 Å². The molecule has 0 spiro atoms. The highest BCUT2D eigenvalue weighted by Crippen LogP contribution is 2.15. The number of carboxylic acids is 2. The van der Waals surface area contributed by atoms with E-state index >= 15 is 0 Å². The molecule has 7 nitrogen and oxygen atoms in total. The SMILES string of the molecule is COCC#CC(c1cccc(Cl)c1)[NH+]1CC[NH2+]CC1.O=C([O-])C(F)(F)F.O=C([O-])C(F)(F)F.